The molecule has 0 aliphatic heterocycles. The first-order valence-corrected chi connectivity index (χ1v) is 25.2. The number of rotatable bonds is 32. The van der Waals surface area contributed by atoms with E-state index in [1.807, 2.05) is 0 Å². The van der Waals surface area contributed by atoms with Crippen molar-refractivity contribution in [3.8, 4) is 0 Å². The van der Waals surface area contributed by atoms with Gasteiger partial charge in [-0.15, -0.1) is 0 Å². The molecule has 0 bridgehead atoms. The van der Waals surface area contributed by atoms with Gasteiger partial charge in [0.2, 0.25) is 0 Å². The van der Waals surface area contributed by atoms with Crippen molar-refractivity contribution < 1.29 is 20.3 Å². The molecule has 0 saturated heterocycles. The zero-order valence-electron chi connectivity index (χ0n) is 27.1. The van der Waals surface area contributed by atoms with Gasteiger partial charge in [-0.1, -0.05) is 0 Å². The summed E-state index contributed by atoms with van der Waals surface area (Å²) in [6.45, 7) is 9.39. The van der Waals surface area contributed by atoms with Gasteiger partial charge in [0.1, 0.15) is 0 Å². The van der Waals surface area contributed by atoms with E-state index in [0.717, 1.165) is 0 Å². The van der Waals surface area contributed by atoms with Crippen LogP contribution in [0.25, 0.3) is 0 Å². The van der Waals surface area contributed by atoms with Gasteiger partial charge in [0.05, 0.1) is 0 Å². The van der Waals surface area contributed by atoms with E-state index in [9.17, 15) is 0 Å². The van der Waals surface area contributed by atoms with Crippen molar-refractivity contribution in [3.63, 3.8) is 0 Å². The Balaban J connectivity index is 4.78. The normalized spacial score (nSPS) is 12.0. The second-order valence-electron chi connectivity index (χ2n) is 13.0. The van der Waals surface area contributed by atoms with E-state index in [2.05, 4.69) is 27.7 Å². The summed E-state index contributed by atoms with van der Waals surface area (Å²) in [5, 5.41) is 0. The van der Waals surface area contributed by atoms with Crippen molar-refractivity contribution >= 4 is 0 Å². The van der Waals surface area contributed by atoms with Crippen LogP contribution in [0.2, 0.25) is 16.5 Å². The fraction of sp³-hybridized carbons (Fsp3) is 1.00. The van der Waals surface area contributed by atoms with Gasteiger partial charge >= 0.3 is 244 Å². The third-order valence-corrected chi connectivity index (χ3v) is 23.1. The standard InChI is InChI=1S/4C9H19.Zr/c4*1-3-5-7-9-8-6-4-2;/h4*1,3-9H2,2H3;. The molecule has 0 saturated carbocycles. The molecule has 0 atom stereocenters. The Morgan fingerprint density at radius 2 is 0.378 bits per heavy atom. The minimum atomic E-state index is -2.01. The van der Waals surface area contributed by atoms with E-state index in [1.54, 1.807) is 67.9 Å². The molecule has 0 rings (SSSR count). The van der Waals surface area contributed by atoms with Crippen LogP contribution in [0.1, 0.15) is 207 Å². The predicted octanol–water partition coefficient (Wildman–Crippen LogP) is 14.8. The van der Waals surface area contributed by atoms with Crippen molar-refractivity contribution in [2.75, 3.05) is 0 Å². The summed E-state index contributed by atoms with van der Waals surface area (Å²) in [6, 6.07) is 0. The SMILES string of the molecule is CCCCCCCC[CH2][Zr]([CH2]CCCCCCCC)([CH2]CCCCCCCC)[CH2]CCCCCCCC. The molecule has 0 N–H and O–H groups in total. The summed E-state index contributed by atoms with van der Waals surface area (Å²) in [5.74, 6) is 0. The molecule has 224 valence electrons. The average molecular weight is 600 g/mol. The summed E-state index contributed by atoms with van der Waals surface area (Å²) in [5.41, 5.74) is 0. The van der Waals surface area contributed by atoms with Crippen LogP contribution in [-0.4, -0.2) is 0 Å². The van der Waals surface area contributed by atoms with Crippen LogP contribution < -0.4 is 0 Å². The molecule has 0 spiro atoms. The molecule has 37 heavy (non-hydrogen) atoms. The van der Waals surface area contributed by atoms with Crippen LogP contribution in [0.5, 0.6) is 0 Å². The van der Waals surface area contributed by atoms with Crippen LogP contribution in [-0.2, 0) is 20.3 Å². The van der Waals surface area contributed by atoms with Crippen molar-refractivity contribution in [3.05, 3.63) is 0 Å². The predicted molar refractivity (Wildman–Crippen MR) is 171 cm³/mol. The maximum absolute atomic E-state index is 2.35. The average Bonchev–Trinajstić information content (AvgIpc) is 2.91. The van der Waals surface area contributed by atoms with E-state index in [4.69, 9.17) is 0 Å². The van der Waals surface area contributed by atoms with Gasteiger partial charge in [-0.25, -0.2) is 0 Å². The zero-order valence-corrected chi connectivity index (χ0v) is 29.6. The fourth-order valence-electron chi connectivity index (χ4n) is 6.58. The zero-order chi connectivity index (χ0) is 27.1. The topological polar surface area (TPSA) is 0 Å². The second kappa shape index (κ2) is 31.4. The summed E-state index contributed by atoms with van der Waals surface area (Å²) in [7, 11) is 0. The first-order valence-electron chi connectivity index (χ1n) is 18.2. The van der Waals surface area contributed by atoms with Crippen LogP contribution in [0.3, 0.4) is 0 Å². The van der Waals surface area contributed by atoms with E-state index >= 15 is 0 Å². The first-order chi connectivity index (χ1) is 18.2. The van der Waals surface area contributed by atoms with E-state index in [1.165, 1.54) is 128 Å². The van der Waals surface area contributed by atoms with Crippen LogP contribution >= 0.6 is 0 Å². The molecule has 1 heteroatoms. The van der Waals surface area contributed by atoms with E-state index in [0.29, 0.717) is 0 Å². The molecular formula is C36H76Zr. The Morgan fingerprint density at radius 3 is 0.568 bits per heavy atom. The van der Waals surface area contributed by atoms with Gasteiger partial charge in [-0.05, 0) is 0 Å². The Labute approximate surface area is 243 Å². The van der Waals surface area contributed by atoms with Gasteiger partial charge in [0, 0.05) is 0 Å². The van der Waals surface area contributed by atoms with Crippen molar-refractivity contribution in [2.24, 2.45) is 0 Å². The van der Waals surface area contributed by atoms with Crippen molar-refractivity contribution in [2.45, 2.75) is 224 Å². The molecule has 0 aromatic heterocycles. The maximum atomic E-state index is 2.35. The van der Waals surface area contributed by atoms with Crippen molar-refractivity contribution in [1.82, 2.24) is 0 Å². The third kappa shape index (κ3) is 26.9. The summed E-state index contributed by atoms with van der Waals surface area (Å²) in [6.07, 6.45) is 42.0. The molecule has 0 aromatic carbocycles. The van der Waals surface area contributed by atoms with E-state index < -0.39 is 20.3 Å². The van der Waals surface area contributed by atoms with Gasteiger partial charge in [-0.2, -0.15) is 0 Å². The molecule has 0 unspecified atom stereocenters. The fourth-order valence-corrected chi connectivity index (χ4v) is 20.1. The van der Waals surface area contributed by atoms with E-state index in [-0.39, 0.29) is 0 Å². The molecule has 0 aliphatic rings. The molecule has 0 heterocycles. The molecule has 0 fully saturated rings. The first kappa shape index (κ1) is 37.9. The quantitative estimate of drug-likeness (QED) is 0.0674. The van der Waals surface area contributed by atoms with Crippen molar-refractivity contribution in [1.29, 1.82) is 0 Å². The number of hydrogen-bond donors (Lipinski definition) is 0. The molecule has 0 radical (unpaired) electrons. The van der Waals surface area contributed by atoms with Crippen LogP contribution in [0, 0.1) is 0 Å². The Kier molecular flexibility index (Phi) is 32.2. The van der Waals surface area contributed by atoms with Crippen LogP contribution in [0.15, 0.2) is 0 Å². The van der Waals surface area contributed by atoms with Gasteiger partial charge in [0.15, 0.2) is 0 Å². The molecule has 0 nitrogen and oxygen atoms in total. The number of hydrogen-bond acceptors (Lipinski definition) is 0. The van der Waals surface area contributed by atoms with Gasteiger partial charge in [-0.3, -0.25) is 0 Å². The minimum absolute atomic E-state index is 1.38. The van der Waals surface area contributed by atoms with Crippen LogP contribution in [0.4, 0.5) is 0 Å². The van der Waals surface area contributed by atoms with Gasteiger partial charge in [0.25, 0.3) is 0 Å². The van der Waals surface area contributed by atoms with Gasteiger partial charge < -0.3 is 0 Å². The summed E-state index contributed by atoms with van der Waals surface area (Å²) < 4.78 is 7.02. The Hall–Kier alpha value is 0.883. The molecular weight excluding hydrogens is 524 g/mol. The summed E-state index contributed by atoms with van der Waals surface area (Å²) in [4.78, 5) is 0. The monoisotopic (exact) mass is 598 g/mol. The molecule has 0 aromatic rings. The second-order valence-corrected chi connectivity index (χ2v) is 25.3. The Morgan fingerprint density at radius 1 is 0.216 bits per heavy atom. The summed E-state index contributed by atoms with van der Waals surface area (Å²) >= 11 is -2.01. The number of unbranched alkanes of at least 4 members (excludes halogenated alkanes) is 24. The Bertz CT molecular complexity index is 326. The third-order valence-electron chi connectivity index (χ3n) is 9.24. The molecule has 0 aliphatic carbocycles. The molecule has 0 amide bonds.